The van der Waals surface area contributed by atoms with Crippen molar-refractivity contribution >= 4 is 0 Å². The molecule has 0 saturated heterocycles. The Kier molecular flexibility index (Phi) is 3.78. The SMILES string of the molecule is CC(NCC1COc2ccccc2O1)C(C)(C)O. The van der Waals surface area contributed by atoms with Gasteiger partial charge in [-0.3, -0.25) is 0 Å². The number of fused-ring (bicyclic) bond motifs is 1. The third kappa shape index (κ3) is 3.15. The van der Waals surface area contributed by atoms with E-state index in [2.05, 4.69) is 5.32 Å². The van der Waals surface area contributed by atoms with Crippen LogP contribution in [-0.2, 0) is 0 Å². The topological polar surface area (TPSA) is 50.7 Å². The Labute approximate surface area is 108 Å². The third-order valence-corrected chi connectivity index (χ3v) is 3.28. The second-order valence-electron chi connectivity index (χ2n) is 5.28. The van der Waals surface area contributed by atoms with Crippen molar-refractivity contribution in [2.45, 2.75) is 38.5 Å². The molecule has 4 nitrogen and oxygen atoms in total. The van der Waals surface area contributed by atoms with E-state index >= 15 is 0 Å². The highest BCUT2D eigenvalue weighted by Crippen LogP contribution is 2.30. The molecular formula is C14H21NO3. The average molecular weight is 251 g/mol. The summed E-state index contributed by atoms with van der Waals surface area (Å²) in [6, 6.07) is 7.66. The van der Waals surface area contributed by atoms with Gasteiger partial charge < -0.3 is 19.9 Å². The lowest BCUT2D eigenvalue weighted by molar-refractivity contribution is 0.0330. The third-order valence-electron chi connectivity index (χ3n) is 3.28. The zero-order valence-corrected chi connectivity index (χ0v) is 11.1. The van der Waals surface area contributed by atoms with E-state index in [4.69, 9.17) is 9.47 Å². The van der Waals surface area contributed by atoms with Gasteiger partial charge in [-0.15, -0.1) is 0 Å². The van der Waals surface area contributed by atoms with Crippen molar-refractivity contribution in [3.05, 3.63) is 24.3 Å². The van der Waals surface area contributed by atoms with Crippen molar-refractivity contribution in [2.75, 3.05) is 13.2 Å². The van der Waals surface area contributed by atoms with Gasteiger partial charge in [-0.05, 0) is 32.9 Å². The molecule has 2 rings (SSSR count). The number of ether oxygens (including phenoxy) is 2. The quantitative estimate of drug-likeness (QED) is 0.853. The molecule has 0 aliphatic carbocycles. The fourth-order valence-corrected chi connectivity index (χ4v) is 1.72. The van der Waals surface area contributed by atoms with E-state index in [1.807, 2.05) is 31.2 Å². The molecule has 1 heterocycles. The van der Waals surface area contributed by atoms with Crippen LogP contribution in [0.2, 0.25) is 0 Å². The van der Waals surface area contributed by atoms with Crippen molar-refractivity contribution < 1.29 is 14.6 Å². The lowest BCUT2D eigenvalue weighted by Crippen LogP contribution is -2.49. The van der Waals surface area contributed by atoms with Crippen LogP contribution in [0.15, 0.2) is 24.3 Å². The van der Waals surface area contributed by atoms with Gasteiger partial charge in [0.05, 0.1) is 5.60 Å². The van der Waals surface area contributed by atoms with Gasteiger partial charge in [0.25, 0.3) is 0 Å². The maximum Gasteiger partial charge on any atom is 0.161 e. The normalized spacial score (nSPS) is 20.6. The minimum absolute atomic E-state index is 0.00160. The number of aliphatic hydroxyl groups is 1. The molecule has 1 aromatic rings. The summed E-state index contributed by atoms with van der Waals surface area (Å²) in [4.78, 5) is 0. The van der Waals surface area contributed by atoms with Crippen molar-refractivity contribution in [1.29, 1.82) is 0 Å². The number of benzene rings is 1. The second kappa shape index (κ2) is 5.16. The van der Waals surface area contributed by atoms with Crippen molar-refractivity contribution in [3.8, 4) is 11.5 Å². The molecule has 2 unspecified atom stereocenters. The van der Waals surface area contributed by atoms with Gasteiger partial charge in [0, 0.05) is 12.6 Å². The number of para-hydroxylation sites is 2. The van der Waals surface area contributed by atoms with Crippen LogP contribution in [0.25, 0.3) is 0 Å². The zero-order valence-electron chi connectivity index (χ0n) is 11.1. The van der Waals surface area contributed by atoms with E-state index in [9.17, 15) is 5.11 Å². The van der Waals surface area contributed by atoms with Gasteiger partial charge in [-0.25, -0.2) is 0 Å². The first-order valence-electron chi connectivity index (χ1n) is 6.31. The predicted molar refractivity (Wildman–Crippen MR) is 70.1 cm³/mol. The summed E-state index contributed by atoms with van der Waals surface area (Å²) in [5.74, 6) is 1.58. The van der Waals surface area contributed by atoms with Crippen LogP contribution in [0.1, 0.15) is 20.8 Å². The standard InChI is InChI=1S/C14H21NO3/c1-10(14(2,3)16)15-8-11-9-17-12-6-4-5-7-13(12)18-11/h4-7,10-11,15-16H,8-9H2,1-3H3. The van der Waals surface area contributed by atoms with Gasteiger partial charge in [-0.2, -0.15) is 0 Å². The van der Waals surface area contributed by atoms with E-state index in [-0.39, 0.29) is 12.1 Å². The molecule has 4 heteroatoms. The van der Waals surface area contributed by atoms with Crippen molar-refractivity contribution in [3.63, 3.8) is 0 Å². The molecule has 0 bridgehead atoms. The molecule has 18 heavy (non-hydrogen) atoms. The predicted octanol–water partition coefficient (Wildman–Crippen LogP) is 1.58. The first-order valence-corrected chi connectivity index (χ1v) is 6.31. The van der Waals surface area contributed by atoms with Crippen LogP contribution in [0.4, 0.5) is 0 Å². The summed E-state index contributed by atoms with van der Waals surface area (Å²) in [5, 5.41) is 13.1. The zero-order chi connectivity index (χ0) is 13.2. The van der Waals surface area contributed by atoms with E-state index in [0.29, 0.717) is 13.2 Å². The molecular weight excluding hydrogens is 230 g/mol. The highest BCUT2D eigenvalue weighted by Gasteiger charge is 2.25. The smallest absolute Gasteiger partial charge is 0.161 e. The van der Waals surface area contributed by atoms with Crippen molar-refractivity contribution in [1.82, 2.24) is 5.32 Å². The molecule has 0 radical (unpaired) electrons. The molecule has 0 spiro atoms. The van der Waals surface area contributed by atoms with E-state index in [0.717, 1.165) is 11.5 Å². The Morgan fingerprint density at radius 1 is 1.39 bits per heavy atom. The summed E-state index contributed by atoms with van der Waals surface area (Å²) in [5.41, 5.74) is -0.743. The monoisotopic (exact) mass is 251 g/mol. The molecule has 1 aliphatic heterocycles. The number of hydrogen-bond donors (Lipinski definition) is 2. The first-order chi connectivity index (χ1) is 8.47. The molecule has 0 fully saturated rings. The Hall–Kier alpha value is -1.26. The van der Waals surface area contributed by atoms with Crippen LogP contribution in [0.3, 0.4) is 0 Å². The van der Waals surface area contributed by atoms with Gasteiger partial charge in [0.1, 0.15) is 12.7 Å². The van der Waals surface area contributed by atoms with E-state index in [1.165, 1.54) is 0 Å². The summed E-state index contributed by atoms with van der Waals surface area (Å²) in [6.07, 6.45) is -0.0234. The maximum atomic E-state index is 9.84. The number of rotatable bonds is 4. The summed E-state index contributed by atoms with van der Waals surface area (Å²) < 4.78 is 11.5. The number of hydrogen-bond acceptors (Lipinski definition) is 4. The van der Waals surface area contributed by atoms with Crippen molar-refractivity contribution in [2.24, 2.45) is 0 Å². The molecule has 1 aliphatic rings. The Bertz CT molecular complexity index is 400. The van der Waals surface area contributed by atoms with E-state index in [1.54, 1.807) is 13.8 Å². The molecule has 2 N–H and O–H groups in total. The summed E-state index contributed by atoms with van der Waals surface area (Å²) >= 11 is 0. The lowest BCUT2D eigenvalue weighted by atomic mass is 10.0. The van der Waals surface area contributed by atoms with Gasteiger partial charge >= 0.3 is 0 Å². The summed E-state index contributed by atoms with van der Waals surface area (Å²) in [6.45, 7) is 6.72. The fourth-order valence-electron chi connectivity index (χ4n) is 1.72. The molecule has 100 valence electrons. The van der Waals surface area contributed by atoms with Gasteiger partial charge in [-0.1, -0.05) is 12.1 Å². The van der Waals surface area contributed by atoms with E-state index < -0.39 is 5.60 Å². The molecule has 1 aromatic carbocycles. The summed E-state index contributed by atoms with van der Waals surface area (Å²) in [7, 11) is 0. The maximum absolute atomic E-state index is 9.84. The van der Waals surface area contributed by atoms with Crippen LogP contribution >= 0.6 is 0 Å². The minimum atomic E-state index is -0.743. The van der Waals surface area contributed by atoms with Crippen LogP contribution < -0.4 is 14.8 Å². The van der Waals surface area contributed by atoms with Crippen LogP contribution in [0, 0.1) is 0 Å². The van der Waals surface area contributed by atoms with Gasteiger partial charge in [0.2, 0.25) is 0 Å². The molecule has 2 atom stereocenters. The Morgan fingerprint density at radius 3 is 2.72 bits per heavy atom. The largest absolute Gasteiger partial charge is 0.486 e. The molecule has 0 amide bonds. The highest BCUT2D eigenvalue weighted by atomic mass is 16.6. The minimum Gasteiger partial charge on any atom is -0.486 e. The number of nitrogens with one attached hydrogen (secondary N) is 1. The first kappa shape index (κ1) is 13.2. The molecule has 0 aromatic heterocycles. The molecule has 0 saturated carbocycles. The van der Waals surface area contributed by atoms with Crippen LogP contribution in [0.5, 0.6) is 11.5 Å². The van der Waals surface area contributed by atoms with Gasteiger partial charge in [0.15, 0.2) is 11.5 Å². The fraction of sp³-hybridized carbons (Fsp3) is 0.571. The van der Waals surface area contributed by atoms with Crippen LogP contribution in [-0.4, -0.2) is 36.0 Å². The highest BCUT2D eigenvalue weighted by molar-refractivity contribution is 5.40. The lowest BCUT2D eigenvalue weighted by Gasteiger charge is -2.31. The average Bonchev–Trinajstić information content (AvgIpc) is 2.34. The second-order valence-corrected chi connectivity index (χ2v) is 5.28. The Morgan fingerprint density at radius 2 is 2.06 bits per heavy atom. The Balaban J connectivity index is 1.87.